The van der Waals surface area contributed by atoms with Crippen LogP contribution >= 0.6 is 0 Å². The number of rotatable bonds is 4. The lowest BCUT2D eigenvalue weighted by Crippen LogP contribution is -2.39. The quantitative estimate of drug-likeness (QED) is 0.802. The number of ether oxygens (including phenoxy) is 1. The number of aromatic nitrogens is 1. The summed E-state index contributed by atoms with van der Waals surface area (Å²) in [5.74, 6) is 0.929. The Hall–Kier alpha value is -1.48. The van der Waals surface area contributed by atoms with Crippen LogP contribution in [0.1, 0.15) is 6.42 Å². The number of hydrogen-bond acceptors (Lipinski definition) is 2. The minimum absolute atomic E-state index is 0.929. The van der Waals surface area contributed by atoms with E-state index in [1.807, 2.05) is 6.07 Å². The molecule has 1 saturated heterocycles. The molecule has 90 valence electrons. The first-order chi connectivity index (χ1) is 8.36. The van der Waals surface area contributed by atoms with Crippen molar-refractivity contribution in [2.24, 2.45) is 0 Å². The van der Waals surface area contributed by atoms with Crippen LogP contribution in [0, 0.1) is 0 Å². The molecule has 2 heterocycles. The number of nitrogens with zero attached hydrogens (tertiary/aromatic N) is 2. The van der Waals surface area contributed by atoms with E-state index in [1.165, 1.54) is 30.4 Å². The van der Waals surface area contributed by atoms with Crippen LogP contribution in [0.3, 0.4) is 0 Å². The van der Waals surface area contributed by atoms with E-state index in [0.29, 0.717) is 0 Å². The maximum atomic E-state index is 5.24. The first-order valence-corrected chi connectivity index (χ1v) is 6.22. The molecule has 3 rings (SSSR count). The summed E-state index contributed by atoms with van der Waals surface area (Å²) in [6, 6.07) is 8.43. The van der Waals surface area contributed by atoms with Crippen molar-refractivity contribution >= 4 is 10.9 Å². The second kappa shape index (κ2) is 4.41. The summed E-state index contributed by atoms with van der Waals surface area (Å²) < 4.78 is 7.57. The summed E-state index contributed by atoms with van der Waals surface area (Å²) in [5, 5.41) is 1.26. The van der Waals surface area contributed by atoms with Gasteiger partial charge < -0.3 is 14.2 Å². The first-order valence-electron chi connectivity index (χ1n) is 6.22. The van der Waals surface area contributed by atoms with E-state index >= 15 is 0 Å². The molecular weight excluding hydrogens is 212 g/mol. The van der Waals surface area contributed by atoms with E-state index < -0.39 is 0 Å². The van der Waals surface area contributed by atoms with Gasteiger partial charge in [-0.3, -0.25) is 0 Å². The Morgan fingerprint density at radius 1 is 1.18 bits per heavy atom. The number of hydrogen-bond donors (Lipinski definition) is 0. The predicted molar refractivity (Wildman–Crippen MR) is 69.5 cm³/mol. The average Bonchev–Trinajstić information content (AvgIpc) is 2.69. The number of fused-ring (bicyclic) bond motifs is 1. The average molecular weight is 230 g/mol. The first kappa shape index (κ1) is 10.7. The smallest absolute Gasteiger partial charge is 0.119 e. The molecular formula is C14H18N2O. The summed E-state index contributed by atoms with van der Waals surface area (Å²) in [7, 11) is 1.71. The third-order valence-electron chi connectivity index (χ3n) is 3.58. The number of methoxy groups -OCH3 is 1. The number of benzene rings is 1. The molecule has 17 heavy (non-hydrogen) atoms. The molecule has 0 amide bonds. The van der Waals surface area contributed by atoms with Crippen LogP contribution in [-0.4, -0.2) is 36.2 Å². The van der Waals surface area contributed by atoms with E-state index in [2.05, 4.69) is 33.9 Å². The monoisotopic (exact) mass is 230 g/mol. The van der Waals surface area contributed by atoms with Crippen molar-refractivity contribution in [3.8, 4) is 5.75 Å². The molecule has 1 aliphatic heterocycles. The van der Waals surface area contributed by atoms with Gasteiger partial charge in [-0.25, -0.2) is 0 Å². The Morgan fingerprint density at radius 3 is 2.76 bits per heavy atom. The lowest BCUT2D eigenvalue weighted by Gasteiger charge is -2.30. The molecule has 0 aliphatic carbocycles. The highest BCUT2D eigenvalue weighted by Crippen LogP contribution is 2.21. The molecule has 3 heteroatoms. The maximum absolute atomic E-state index is 5.24. The molecule has 0 atom stereocenters. The molecule has 1 aromatic carbocycles. The van der Waals surface area contributed by atoms with Crippen LogP contribution in [0.4, 0.5) is 0 Å². The largest absolute Gasteiger partial charge is 0.497 e. The lowest BCUT2D eigenvalue weighted by molar-refractivity contribution is 0.175. The van der Waals surface area contributed by atoms with Crippen molar-refractivity contribution in [3.63, 3.8) is 0 Å². The molecule has 0 spiro atoms. The van der Waals surface area contributed by atoms with Gasteiger partial charge in [0.15, 0.2) is 0 Å². The summed E-state index contributed by atoms with van der Waals surface area (Å²) >= 11 is 0. The summed E-state index contributed by atoms with van der Waals surface area (Å²) in [5.41, 5.74) is 1.30. The van der Waals surface area contributed by atoms with Crippen LogP contribution in [0.2, 0.25) is 0 Å². The highest BCUT2D eigenvalue weighted by Gasteiger charge is 2.13. The minimum Gasteiger partial charge on any atom is -0.497 e. The Balaban J connectivity index is 1.79. The van der Waals surface area contributed by atoms with E-state index in [9.17, 15) is 0 Å². The Morgan fingerprint density at radius 2 is 2.06 bits per heavy atom. The fourth-order valence-corrected chi connectivity index (χ4v) is 2.35. The molecule has 1 aliphatic rings. The Labute approximate surface area is 102 Å². The topological polar surface area (TPSA) is 17.4 Å². The van der Waals surface area contributed by atoms with Crippen molar-refractivity contribution < 1.29 is 4.74 Å². The van der Waals surface area contributed by atoms with Gasteiger partial charge in [-0.1, -0.05) is 0 Å². The number of likely N-dealkylation sites (tertiary alicyclic amines) is 1. The van der Waals surface area contributed by atoms with E-state index in [4.69, 9.17) is 4.74 Å². The van der Waals surface area contributed by atoms with Crippen LogP contribution in [-0.2, 0) is 6.54 Å². The fraction of sp³-hybridized carbons (Fsp3) is 0.429. The van der Waals surface area contributed by atoms with Gasteiger partial charge >= 0.3 is 0 Å². The van der Waals surface area contributed by atoms with E-state index in [1.54, 1.807) is 7.11 Å². The van der Waals surface area contributed by atoms with Gasteiger partial charge in [0.1, 0.15) is 5.75 Å². The predicted octanol–water partition coefficient (Wildman–Crippen LogP) is 2.36. The molecule has 3 nitrogen and oxygen atoms in total. The molecule has 0 unspecified atom stereocenters. The van der Waals surface area contributed by atoms with Gasteiger partial charge in [-0.2, -0.15) is 0 Å². The fourth-order valence-electron chi connectivity index (χ4n) is 2.35. The summed E-state index contributed by atoms with van der Waals surface area (Å²) in [6.45, 7) is 4.78. The third-order valence-corrected chi connectivity index (χ3v) is 3.58. The van der Waals surface area contributed by atoms with Crippen molar-refractivity contribution in [1.82, 2.24) is 9.47 Å². The Kier molecular flexibility index (Phi) is 2.77. The van der Waals surface area contributed by atoms with Gasteiger partial charge in [0.25, 0.3) is 0 Å². The van der Waals surface area contributed by atoms with Crippen LogP contribution in [0.5, 0.6) is 5.75 Å². The Bertz CT molecular complexity index is 514. The summed E-state index contributed by atoms with van der Waals surface area (Å²) in [6.07, 6.45) is 3.54. The SMILES string of the molecule is COc1ccc2c(ccn2CCN2CCC2)c1. The normalized spacial score (nSPS) is 16.1. The van der Waals surface area contributed by atoms with Gasteiger partial charge in [-0.15, -0.1) is 0 Å². The molecule has 0 N–H and O–H groups in total. The van der Waals surface area contributed by atoms with Crippen LogP contribution in [0.25, 0.3) is 10.9 Å². The maximum Gasteiger partial charge on any atom is 0.119 e. The molecule has 0 bridgehead atoms. The molecule has 2 aromatic rings. The van der Waals surface area contributed by atoms with E-state index in [0.717, 1.165) is 18.8 Å². The minimum atomic E-state index is 0.929. The van der Waals surface area contributed by atoms with Gasteiger partial charge in [0.2, 0.25) is 0 Å². The standard InChI is InChI=1S/C14H18N2O/c1-17-13-3-4-14-12(11-13)5-8-16(14)10-9-15-6-2-7-15/h3-5,8,11H,2,6-7,9-10H2,1H3. The van der Waals surface area contributed by atoms with Crippen molar-refractivity contribution in [3.05, 3.63) is 30.5 Å². The van der Waals surface area contributed by atoms with Gasteiger partial charge in [0.05, 0.1) is 7.11 Å². The van der Waals surface area contributed by atoms with Gasteiger partial charge in [0, 0.05) is 30.2 Å². The van der Waals surface area contributed by atoms with Gasteiger partial charge in [-0.05, 0) is 43.8 Å². The van der Waals surface area contributed by atoms with E-state index in [-0.39, 0.29) is 0 Å². The molecule has 0 saturated carbocycles. The highest BCUT2D eigenvalue weighted by molar-refractivity contribution is 5.81. The van der Waals surface area contributed by atoms with Crippen LogP contribution in [0.15, 0.2) is 30.5 Å². The van der Waals surface area contributed by atoms with Crippen molar-refractivity contribution in [1.29, 1.82) is 0 Å². The second-order valence-electron chi connectivity index (χ2n) is 4.63. The molecule has 1 aromatic heterocycles. The zero-order valence-corrected chi connectivity index (χ0v) is 10.2. The third kappa shape index (κ3) is 2.03. The molecule has 0 radical (unpaired) electrons. The molecule has 1 fully saturated rings. The highest BCUT2D eigenvalue weighted by atomic mass is 16.5. The zero-order chi connectivity index (χ0) is 11.7. The lowest BCUT2D eigenvalue weighted by atomic mass is 10.2. The van der Waals surface area contributed by atoms with Crippen molar-refractivity contribution in [2.75, 3.05) is 26.7 Å². The second-order valence-corrected chi connectivity index (χ2v) is 4.63. The van der Waals surface area contributed by atoms with Crippen LogP contribution < -0.4 is 4.74 Å². The zero-order valence-electron chi connectivity index (χ0n) is 10.2. The van der Waals surface area contributed by atoms with Crippen molar-refractivity contribution in [2.45, 2.75) is 13.0 Å². The summed E-state index contributed by atoms with van der Waals surface area (Å²) in [4.78, 5) is 2.50.